The maximum absolute atomic E-state index is 13.8. The van der Waals surface area contributed by atoms with Gasteiger partial charge >= 0.3 is 0 Å². The van der Waals surface area contributed by atoms with E-state index in [2.05, 4.69) is 46.0 Å². The zero-order valence-corrected chi connectivity index (χ0v) is 18.3. The Labute approximate surface area is 173 Å². The van der Waals surface area contributed by atoms with Crippen LogP contribution in [0.2, 0.25) is 0 Å². The van der Waals surface area contributed by atoms with Crippen LogP contribution in [0.4, 0.5) is 0 Å². The summed E-state index contributed by atoms with van der Waals surface area (Å²) in [5.41, 5.74) is -0.0420. The van der Waals surface area contributed by atoms with E-state index in [0.29, 0.717) is 18.8 Å². The SMILES string of the molecule is CC1=C[C@@H]2[C@@H]3[C@H](CC(=O)[C@]24C(=O)N[C@@H](CC(C)C)[C@@H]4[C@@H]1C)[C@@H]1O[C@]3(C)CC[C@H]1O. The number of fused-ring (bicyclic) bond motifs is 6. The number of ether oxygens (including phenoxy) is 1. The van der Waals surface area contributed by atoms with Gasteiger partial charge in [-0.1, -0.05) is 32.4 Å². The van der Waals surface area contributed by atoms with Crippen molar-refractivity contribution in [3.05, 3.63) is 11.6 Å². The van der Waals surface area contributed by atoms with Crippen LogP contribution in [0.15, 0.2) is 11.6 Å². The topological polar surface area (TPSA) is 75.6 Å². The number of Topliss-reactive ketones (excluding diaryl/α,β-unsaturated/α-hetero) is 1. The number of carbonyl (C=O) groups is 2. The van der Waals surface area contributed by atoms with Crippen LogP contribution in [0, 0.1) is 40.9 Å². The summed E-state index contributed by atoms with van der Waals surface area (Å²) < 4.78 is 6.41. The average molecular weight is 402 g/mol. The molecular formula is C24H35NO4. The fraction of sp³-hybridized carbons (Fsp3) is 0.833. The van der Waals surface area contributed by atoms with Gasteiger partial charge in [-0.25, -0.2) is 0 Å². The largest absolute Gasteiger partial charge is 0.390 e. The highest BCUT2D eigenvalue weighted by Crippen LogP contribution is 2.66. The van der Waals surface area contributed by atoms with Gasteiger partial charge in [0.05, 0.1) is 17.8 Å². The lowest BCUT2D eigenvalue weighted by molar-refractivity contribution is -0.157. The molecule has 3 saturated heterocycles. The molecule has 160 valence electrons. The summed E-state index contributed by atoms with van der Waals surface area (Å²) in [4.78, 5) is 27.5. The Morgan fingerprint density at radius 3 is 2.72 bits per heavy atom. The van der Waals surface area contributed by atoms with Crippen LogP contribution in [-0.4, -0.2) is 40.6 Å². The molecule has 5 heteroatoms. The normalized spacial score (nSPS) is 53.3. The first-order valence-corrected chi connectivity index (χ1v) is 11.5. The third-order valence-electron chi connectivity index (χ3n) is 9.18. The molecule has 3 heterocycles. The molecule has 1 spiro atoms. The number of amides is 1. The molecule has 5 aliphatic rings. The second-order valence-electron chi connectivity index (χ2n) is 11.1. The van der Waals surface area contributed by atoms with Crippen molar-refractivity contribution in [3.63, 3.8) is 0 Å². The molecule has 29 heavy (non-hydrogen) atoms. The number of ketones is 1. The molecule has 0 aromatic rings. The highest BCUT2D eigenvalue weighted by molar-refractivity contribution is 6.10. The molecule has 3 aliphatic heterocycles. The molecule has 0 unspecified atom stereocenters. The molecule has 2 aliphatic carbocycles. The van der Waals surface area contributed by atoms with Crippen LogP contribution in [-0.2, 0) is 14.3 Å². The summed E-state index contributed by atoms with van der Waals surface area (Å²) in [5.74, 6) is 0.687. The molecule has 1 amide bonds. The maximum atomic E-state index is 13.8. The van der Waals surface area contributed by atoms with Crippen molar-refractivity contribution >= 4 is 11.7 Å². The lowest BCUT2D eigenvalue weighted by Crippen LogP contribution is -2.61. The van der Waals surface area contributed by atoms with Crippen molar-refractivity contribution in [2.45, 2.75) is 84.2 Å². The van der Waals surface area contributed by atoms with E-state index in [1.165, 1.54) is 5.57 Å². The van der Waals surface area contributed by atoms with Gasteiger partial charge in [-0.3, -0.25) is 9.59 Å². The Kier molecular flexibility index (Phi) is 4.20. The first-order chi connectivity index (χ1) is 13.6. The Balaban J connectivity index is 1.67. The van der Waals surface area contributed by atoms with E-state index in [1.54, 1.807) is 0 Å². The lowest BCUT2D eigenvalue weighted by atomic mass is 9.46. The number of hydrogen-bond acceptors (Lipinski definition) is 4. The zero-order valence-electron chi connectivity index (χ0n) is 18.3. The second kappa shape index (κ2) is 6.16. The fourth-order valence-electron chi connectivity index (χ4n) is 8.01. The van der Waals surface area contributed by atoms with Gasteiger partial charge in [0, 0.05) is 36.1 Å². The second-order valence-corrected chi connectivity index (χ2v) is 11.1. The summed E-state index contributed by atoms with van der Waals surface area (Å²) in [7, 11) is 0. The minimum atomic E-state index is -0.964. The van der Waals surface area contributed by atoms with Crippen molar-refractivity contribution in [2.75, 3.05) is 0 Å². The van der Waals surface area contributed by atoms with E-state index in [0.717, 1.165) is 12.8 Å². The monoisotopic (exact) mass is 401 g/mol. The predicted octanol–water partition coefficient (Wildman–Crippen LogP) is 2.86. The zero-order chi connectivity index (χ0) is 20.9. The van der Waals surface area contributed by atoms with Crippen molar-refractivity contribution in [3.8, 4) is 0 Å². The van der Waals surface area contributed by atoms with Gasteiger partial charge in [0.25, 0.3) is 0 Å². The molecular weight excluding hydrogens is 366 g/mol. The summed E-state index contributed by atoms with van der Waals surface area (Å²) in [6.07, 6.45) is 4.23. The number of carbonyl (C=O) groups excluding carboxylic acids is 2. The minimum absolute atomic E-state index is 0.00910. The number of nitrogens with one attached hydrogen (secondary N) is 1. The van der Waals surface area contributed by atoms with Gasteiger partial charge in [-0.15, -0.1) is 0 Å². The summed E-state index contributed by atoms with van der Waals surface area (Å²) in [5, 5.41) is 13.8. The summed E-state index contributed by atoms with van der Waals surface area (Å²) >= 11 is 0. The van der Waals surface area contributed by atoms with Gasteiger partial charge in [0.2, 0.25) is 5.91 Å². The number of allylic oxidation sites excluding steroid dienone is 2. The summed E-state index contributed by atoms with van der Waals surface area (Å²) in [6.45, 7) is 10.9. The van der Waals surface area contributed by atoms with E-state index < -0.39 is 11.5 Å². The number of aliphatic hydroxyl groups excluding tert-OH is 1. The molecule has 2 bridgehead atoms. The average Bonchev–Trinajstić information content (AvgIpc) is 3.05. The highest BCUT2D eigenvalue weighted by Gasteiger charge is 2.74. The Morgan fingerprint density at radius 1 is 1.31 bits per heavy atom. The molecule has 1 saturated carbocycles. The van der Waals surface area contributed by atoms with E-state index >= 15 is 0 Å². The lowest BCUT2D eigenvalue weighted by Gasteiger charge is -2.53. The highest BCUT2D eigenvalue weighted by atomic mass is 16.5. The predicted molar refractivity (Wildman–Crippen MR) is 109 cm³/mol. The van der Waals surface area contributed by atoms with Crippen LogP contribution < -0.4 is 5.32 Å². The summed E-state index contributed by atoms with van der Waals surface area (Å²) in [6, 6.07) is 0.0456. The number of hydrogen-bond donors (Lipinski definition) is 2. The Hall–Kier alpha value is -1.20. The molecule has 0 aromatic carbocycles. The maximum Gasteiger partial charge on any atom is 0.234 e. The van der Waals surface area contributed by atoms with E-state index in [9.17, 15) is 14.7 Å². The quantitative estimate of drug-likeness (QED) is 0.551. The molecule has 0 radical (unpaired) electrons. The smallest absolute Gasteiger partial charge is 0.234 e. The van der Waals surface area contributed by atoms with Crippen molar-refractivity contribution in [1.82, 2.24) is 5.32 Å². The third kappa shape index (κ3) is 2.35. The third-order valence-corrected chi connectivity index (χ3v) is 9.18. The molecule has 4 fully saturated rings. The van der Waals surface area contributed by atoms with Crippen LogP contribution in [0.25, 0.3) is 0 Å². The van der Waals surface area contributed by atoms with Crippen LogP contribution in [0.3, 0.4) is 0 Å². The molecule has 0 aromatic heterocycles. The minimum Gasteiger partial charge on any atom is -0.390 e. The van der Waals surface area contributed by atoms with Gasteiger partial charge in [0.15, 0.2) is 0 Å². The molecule has 5 nitrogen and oxygen atoms in total. The van der Waals surface area contributed by atoms with Gasteiger partial charge < -0.3 is 15.2 Å². The van der Waals surface area contributed by atoms with E-state index in [-0.39, 0.29) is 59.0 Å². The van der Waals surface area contributed by atoms with Crippen molar-refractivity contribution < 1.29 is 19.4 Å². The number of aliphatic hydroxyl groups is 1. The van der Waals surface area contributed by atoms with Crippen molar-refractivity contribution in [1.29, 1.82) is 0 Å². The van der Waals surface area contributed by atoms with Crippen molar-refractivity contribution in [2.24, 2.45) is 40.9 Å². The first-order valence-electron chi connectivity index (χ1n) is 11.5. The van der Waals surface area contributed by atoms with Gasteiger partial charge in [0.1, 0.15) is 11.2 Å². The van der Waals surface area contributed by atoms with Crippen LogP contribution in [0.5, 0.6) is 0 Å². The van der Waals surface area contributed by atoms with Crippen LogP contribution >= 0.6 is 0 Å². The Bertz CT molecular complexity index is 790. The van der Waals surface area contributed by atoms with E-state index in [1.807, 2.05) is 0 Å². The number of rotatable bonds is 2. The van der Waals surface area contributed by atoms with Gasteiger partial charge in [-0.05, 0) is 44.9 Å². The standard InChI is InChI=1S/C24H35NO4/c1-11(2)8-16-19-13(4)12(3)9-15-20-14(10-18(27)24(15,19)22(28)25-16)21-17(26)6-7-23(20,5)29-21/h9,11,13-17,19-21,26H,6-8,10H2,1-5H3,(H,25,28)/t13-,14+,15-,16+,17-,19+,20+,21+,23-,24-/m1/s1. The molecule has 2 N–H and O–H groups in total. The van der Waals surface area contributed by atoms with Gasteiger partial charge in [-0.2, -0.15) is 0 Å². The molecule has 5 rings (SSSR count). The molecule has 10 atom stereocenters. The van der Waals surface area contributed by atoms with Crippen LogP contribution in [0.1, 0.15) is 60.3 Å². The Morgan fingerprint density at radius 2 is 2.03 bits per heavy atom. The first kappa shape index (κ1) is 19.7. The fourth-order valence-corrected chi connectivity index (χ4v) is 8.01. The van der Waals surface area contributed by atoms with E-state index in [4.69, 9.17) is 4.74 Å².